The van der Waals surface area contributed by atoms with Crippen LogP contribution in [0.2, 0.25) is 0 Å². The largest absolute Gasteiger partial charge is 0.508 e. The summed E-state index contributed by atoms with van der Waals surface area (Å²) in [6.07, 6.45) is 22.1. The van der Waals surface area contributed by atoms with Gasteiger partial charge in [-0.1, -0.05) is 96.8 Å². The second-order valence-electron chi connectivity index (χ2n) is 9.41. The molecule has 0 aromatic heterocycles. The number of carbonyl (C=O) groups is 1. The van der Waals surface area contributed by atoms with Crippen LogP contribution in [0, 0.1) is 0 Å². The normalized spacial score (nSPS) is 11.2. The molecule has 4 heteroatoms. The number of hydrogen-bond acceptors (Lipinski definition) is 3. The lowest BCUT2D eigenvalue weighted by molar-refractivity contribution is -0.137. The van der Waals surface area contributed by atoms with E-state index < -0.39 is 5.97 Å². The van der Waals surface area contributed by atoms with Crippen LogP contribution in [0.25, 0.3) is 0 Å². The van der Waals surface area contributed by atoms with Gasteiger partial charge in [-0.2, -0.15) is 0 Å². The number of phenolic OH excluding ortho intramolecular Hbond substituents is 2. The minimum atomic E-state index is -0.706. The van der Waals surface area contributed by atoms with Gasteiger partial charge >= 0.3 is 5.97 Å². The number of phenols is 2. The first kappa shape index (κ1) is 28.3. The van der Waals surface area contributed by atoms with Crippen molar-refractivity contribution in [1.82, 2.24) is 0 Å². The van der Waals surface area contributed by atoms with Crippen LogP contribution in [0.1, 0.15) is 134 Å². The quantitative estimate of drug-likeness (QED) is 0.130. The molecule has 0 aliphatic rings. The van der Waals surface area contributed by atoms with Crippen LogP contribution < -0.4 is 0 Å². The first-order valence-corrected chi connectivity index (χ1v) is 13.3. The lowest BCUT2D eigenvalue weighted by Crippen LogP contribution is -1.94. The van der Waals surface area contributed by atoms with E-state index in [2.05, 4.69) is 6.92 Å². The van der Waals surface area contributed by atoms with Crippen LogP contribution in [0.4, 0.5) is 0 Å². The molecular weight excluding hydrogens is 400 g/mol. The maximum atomic E-state index is 10.5. The Morgan fingerprint density at radius 2 is 0.938 bits per heavy atom. The Bertz CT molecular complexity index is 612. The van der Waals surface area contributed by atoms with Crippen molar-refractivity contribution in [3.05, 3.63) is 23.3 Å². The minimum absolute atomic E-state index is 0.276. The van der Waals surface area contributed by atoms with E-state index in [1.54, 1.807) is 12.1 Å². The predicted octanol–water partition coefficient (Wildman–Crippen LogP) is 8.31. The first-order valence-electron chi connectivity index (χ1n) is 13.3. The van der Waals surface area contributed by atoms with Gasteiger partial charge in [0.1, 0.15) is 11.5 Å². The number of hydrogen-bond donors (Lipinski definition) is 3. The Labute approximate surface area is 196 Å². The van der Waals surface area contributed by atoms with E-state index in [9.17, 15) is 15.0 Å². The molecule has 0 saturated heterocycles. The lowest BCUT2D eigenvalue weighted by atomic mass is 9.99. The molecule has 0 unspecified atom stereocenters. The zero-order valence-corrected chi connectivity index (χ0v) is 20.5. The van der Waals surface area contributed by atoms with E-state index in [1.165, 1.54) is 57.8 Å². The van der Waals surface area contributed by atoms with Gasteiger partial charge in [0.25, 0.3) is 0 Å². The third-order valence-corrected chi connectivity index (χ3v) is 6.42. The van der Waals surface area contributed by atoms with Crippen molar-refractivity contribution >= 4 is 5.97 Å². The monoisotopic (exact) mass is 448 g/mol. The van der Waals surface area contributed by atoms with Crippen molar-refractivity contribution in [2.24, 2.45) is 0 Å². The van der Waals surface area contributed by atoms with Crippen LogP contribution >= 0.6 is 0 Å². The molecular formula is C28H48O4. The lowest BCUT2D eigenvalue weighted by Gasteiger charge is -2.10. The van der Waals surface area contributed by atoms with Crippen molar-refractivity contribution in [3.8, 4) is 11.5 Å². The SMILES string of the molecule is CCCCCCCCCCCCc1cc(O)c(CCCCCCCCCC(=O)O)cc1O. The molecule has 3 N–H and O–H groups in total. The summed E-state index contributed by atoms with van der Waals surface area (Å²) in [7, 11) is 0. The molecule has 0 amide bonds. The maximum Gasteiger partial charge on any atom is 0.303 e. The van der Waals surface area contributed by atoms with Crippen LogP contribution in [-0.4, -0.2) is 21.3 Å². The predicted molar refractivity (Wildman–Crippen MR) is 134 cm³/mol. The molecule has 0 saturated carbocycles. The van der Waals surface area contributed by atoms with Gasteiger partial charge in [-0.15, -0.1) is 0 Å². The first-order chi connectivity index (χ1) is 15.5. The van der Waals surface area contributed by atoms with Gasteiger partial charge in [0, 0.05) is 6.42 Å². The van der Waals surface area contributed by atoms with Crippen molar-refractivity contribution in [1.29, 1.82) is 0 Å². The van der Waals surface area contributed by atoms with E-state index in [4.69, 9.17) is 5.11 Å². The number of aliphatic carboxylic acids is 1. The van der Waals surface area contributed by atoms with E-state index in [1.807, 2.05) is 0 Å². The fraction of sp³-hybridized carbons (Fsp3) is 0.750. The van der Waals surface area contributed by atoms with Crippen molar-refractivity contribution in [2.45, 2.75) is 135 Å². The van der Waals surface area contributed by atoms with E-state index in [0.29, 0.717) is 11.5 Å². The second kappa shape index (κ2) is 18.8. The summed E-state index contributed by atoms with van der Waals surface area (Å²) < 4.78 is 0. The number of unbranched alkanes of at least 4 members (excludes halogenated alkanes) is 15. The maximum absolute atomic E-state index is 10.5. The Morgan fingerprint density at radius 3 is 1.31 bits per heavy atom. The molecule has 1 rings (SSSR count). The molecule has 0 bridgehead atoms. The molecule has 32 heavy (non-hydrogen) atoms. The Hall–Kier alpha value is -1.71. The Kier molecular flexibility index (Phi) is 16.7. The number of aryl methyl sites for hydroxylation is 2. The number of aromatic hydroxyl groups is 2. The topological polar surface area (TPSA) is 77.8 Å². The molecule has 0 spiro atoms. The Balaban J connectivity index is 2.13. The van der Waals surface area contributed by atoms with Gasteiger partial charge in [-0.05, 0) is 55.4 Å². The molecule has 1 aromatic rings. The average Bonchev–Trinajstić information content (AvgIpc) is 2.76. The average molecular weight is 449 g/mol. The van der Waals surface area contributed by atoms with Gasteiger partial charge < -0.3 is 15.3 Å². The molecule has 4 nitrogen and oxygen atoms in total. The number of carboxylic acids is 1. The highest BCUT2D eigenvalue weighted by Crippen LogP contribution is 2.30. The third kappa shape index (κ3) is 14.4. The number of carboxylic acid groups (broad SMARTS) is 1. The van der Waals surface area contributed by atoms with Gasteiger partial charge in [0.05, 0.1) is 0 Å². The van der Waals surface area contributed by atoms with Crippen molar-refractivity contribution in [2.75, 3.05) is 0 Å². The van der Waals surface area contributed by atoms with Crippen LogP contribution in [-0.2, 0) is 17.6 Å². The fourth-order valence-corrected chi connectivity index (χ4v) is 4.34. The summed E-state index contributed by atoms with van der Waals surface area (Å²) >= 11 is 0. The Morgan fingerprint density at radius 1 is 0.594 bits per heavy atom. The summed E-state index contributed by atoms with van der Waals surface area (Å²) in [4.78, 5) is 10.5. The fourth-order valence-electron chi connectivity index (χ4n) is 4.34. The summed E-state index contributed by atoms with van der Waals surface area (Å²) in [5.41, 5.74) is 1.71. The zero-order valence-electron chi connectivity index (χ0n) is 20.5. The van der Waals surface area contributed by atoms with Crippen molar-refractivity contribution < 1.29 is 20.1 Å². The molecule has 0 atom stereocenters. The van der Waals surface area contributed by atoms with E-state index in [-0.39, 0.29) is 6.42 Å². The molecule has 0 aliphatic heterocycles. The van der Waals surface area contributed by atoms with Crippen molar-refractivity contribution in [3.63, 3.8) is 0 Å². The smallest absolute Gasteiger partial charge is 0.303 e. The van der Waals surface area contributed by atoms with Gasteiger partial charge in [0.15, 0.2) is 0 Å². The summed E-state index contributed by atoms with van der Waals surface area (Å²) in [6, 6.07) is 3.52. The third-order valence-electron chi connectivity index (χ3n) is 6.42. The molecule has 1 aromatic carbocycles. The number of benzene rings is 1. The van der Waals surface area contributed by atoms with Crippen LogP contribution in [0.3, 0.4) is 0 Å². The molecule has 0 radical (unpaired) electrons. The van der Waals surface area contributed by atoms with E-state index >= 15 is 0 Å². The highest BCUT2D eigenvalue weighted by atomic mass is 16.4. The van der Waals surface area contributed by atoms with Crippen LogP contribution in [0.5, 0.6) is 11.5 Å². The van der Waals surface area contributed by atoms with Gasteiger partial charge in [-0.3, -0.25) is 4.79 Å². The van der Waals surface area contributed by atoms with Gasteiger partial charge in [0.2, 0.25) is 0 Å². The highest BCUT2D eigenvalue weighted by molar-refractivity contribution is 5.66. The standard InChI is InChI=1S/C28H48O4/c1-2-3-4-5-6-7-8-10-13-16-19-24-22-27(30)25(23-26(24)29)20-17-14-11-9-12-15-18-21-28(31)32/h22-23,29-30H,2-21H2,1H3,(H,31,32). The summed E-state index contributed by atoms with van der Waals surface area (Å²) in [5.74, 6) is -0.0618. The van der Waals surface area contributed by atoms with Gasteiger partial charge in [-0.25, -0.2) is 0 Å². The highest BCUT2D eigenvalue weighted by Gasteiger charge is 2.09. The molecule has 0 aliphatic carbocycles. The second-order valence-corrected chi connectivity index (χ2v) is 9.41. The molecule has 184 valence electrons. The molecule has 0 fully saturated rings. The van der Waals surface area contributed by atoms with E-state index in [0.717, 1.165) is 75.3 Å². The zero-order chi connectivity index (χ0) is 23.4. The van der Waals surface area contributed by atoms with Crippen LogP contribution in [0.15, 0.2) is 12.1 Å². The minimum Gasteiger partial charge on any atom is -0.508 e. The summed E-state index contributed by atoms with van der Waals surface area (Å²) in [5, 5.41) is 29.4. The number of rotatable bonds is 21. The molecule has 0 heterocycles. The summed E-state index contributed by atoms with van der Waals surface area (Å²) in [6.45, 7) is 2.25.